The standard InChI is InChI=1S/C14H17N3O4/c15-11(18)5-7-16-14(21)17-8-6-9-3-1-2-4-10(9)12(17)13(19)20/h1-4,12H,5-8H2,(H2,15,18)(H,16,21)(H,19,20). The number of rotatable bonds is 4. The highest BCUT2D eigenvalue weighted by Crippen LogP contribution is 2.29. The summed E-state index contributed by atoms with van der Waals surface area (Å²) >= 11 is 0. The first-order valence-electron chi connectivity index (χ1n) is 6.64. The third kappa shape index (κ3) is 3.31. The van der Waals surface area contributed by atoms with Crippen molar-refractivity contribution in [3.63, 3.8) is 0 Å². The fourth-order valence-electron chi connectivity index (χ4n) is 2.45. The molecule has 0 aliphatic carbocycles. The summed E-state index contributed by atoms with van der Waals surface area (Å²) in [6, 6.07) is 5.68. The van der Waals surface area contributed by atoms with E-state index in [2.05, 4.69) is 5.32 Å². The van der Waals surface area contributed by atoms with Crippen LogP contribution in [0.4, 0.5) is 4.79 Å². The summed E-state index contributed by atoms with van der Waals surface area (Å²) < 4.78 is 0. The number of primary amides is 1. The van der Waals surface area contributed by atoms with Crippen LogP contribution in [-0.2, 0) is 16.0 Å². The molecule has 1 aliphatic rings. The van der Waals surface area contributed by atoms with Gasteiger partial charge in [0.25, 0.3) is 0 Å². The number of carbonyl (C=O) groups excluding carboxylic acids is 2. The minimum Gasteiger partial charge on any atom is -0.479 e. The molecular formula is C14H17N3O4. The largest absolute Gasteiger partial charge is 0.479 e. The lowest BCUT2D eigenvalue weighted by Gasteiger charge is -2.34. The van der Waals surface area contributed by atoms with Crippen LogP contribution in [0.3, 0.4) is 0 Å². The van der Waals surface area contributed by atoms with E-state index in [1.165, 1.54) is 4.90 Å². The molecule has 0 saturated heterocycles. The van der Waals surface area contributed by atoms with E-state index in [0.29, 0.717) is 18.5 Å². The van der Waals surface area contributed by atoms with Gasteiger partial charge in [-0.05, 0) is 17.5 Å². The zero-order valence-corrected chi connectivity index (χ0v) is 11.4. The molecule has 2 rings (SSSR count). The summed E-state index contributed by atoms with van der Waals surface area (Å²) in [6.07, 6.45) is 0.622. The van der Waals surface area contributed by atoms with Crippen LogP contribution < -0.4 is 11.1 Å². The molecule has 112 valence electrons. The van der Waals surface area contributed by atoms with Crippen molar-refractivity contribution in [3.05, 3.63) is 35.4 Å². The molecule has 1 aromatic rings. The van der Waals surface area contributed by atoms with Crippen molar-refractivity contribution in [3.8, 4) is 0 Å². The van der Waals surface area contributed by atoms with E-state index in [-0.39, 0.29) is 13.0 Å². The number of nitrogens with zero attached hydrogens (tertiary/aromatic N) is 1. The number of carboxylic acids is 1. The number of hydrogen-bond acceptors (Lipinski definition) is 3. The molecule has 0 spiro atoms. The van der Waals surface area contributed by atoms with Crippen LogP contribution >= 0.6 is 0 Å². The van der Waals surface area contributed by atoms with Gasteiger partial charge in [-0.15, -0.1) is 0 Å². The summed E-state index contributed by atoms with van der Waals surface area (Å²) in [5.41, 5.74) is 6.56. The van der Waals surface area contributed by atoms with Gasteiger partial charge in [0.15, 0.2) is 6.04 Å². The second-order valence-electron chi connectivity index (χ2n) is 4.83. The fourth-order valence-corrected chi connectivity index (χ4v) is 2.45. The predicted octanol–water partition coefficient (Wildman–Crippen LogP) is 0.255. The Morgan fingerprint density at radius 3 is 2.71 bits per heavy atom. The van der Waals surface area contributed by atoms with Crippen LogP contribution in [0, 0.1) is 0 Å². The van der Waals surface area contributed by atoms with Crippen LogP contribution in [0.1, 0.15) is 23.6 Å². The minimum absolute atomic E-state index is 0.0217. The van der Waals surface area contributed by atoms with Crippen LogP contribution in [0.5, 0.6) is 0 Å². The normalized spacial score (nSPS) is 17.0. The van der Waals surface area contributed by atoms with E-state index < -0.39 is 23.9 Å². The highest BCUT2D eigenvalue weighted by Gasteiger charge is 2.35. The summed E-state index contributed by atoms with van der Waals surface area (Å²) in [4.78, 5) is 35.5. The highest BCUT2D eigenvalue weighted by molar-refractivity contribution is 5.85. The number of amides is 3. The summed E-state index contributed by atoms with van der Waals surface area (Å²) in [6.45, 7) is 0.412. The number of nitrogens with one attached hydrogen (secondary N) is 1. The van der Waals surface area contributed by atoms with Gasteiger partial charge >= 0.3 is 12.0 Å². The number of carboxylic acid groups (broad SMARTS) is 1. The molecule has 0 fully saturated rings. The Morgan fingerprint density at radius 1 is 1.33 bits per heavy atom. The maximum atomic E-state index is 12.1. The molecule has 3 amide bonds. The molecule has 0 saturated carbocycles. The first kappa shape index (κ1) is 14.8. The highest BCUT2D eigenvalue weighted by atomic mass is 16.4. The number of benzene rings is 1. The molecule has 0 radical (unpaired) electrons. The fraction of sp³-hybridized carbons (Fsp3) is 0.357. The van der Waals surface area contributed by atoms with Crippen molar-refractivity contribution in [1.29, 1.82) is 0 Å². The van der Waals surface area contributed by atoms with Gasteiger partial charge in [0.1, 0.15) is 0 Å². The quantitative estimate of drug-likeness (QED) is 0.738. The first-order valence-corrected chi connectivity index (χ1v) is 6.64. The molecule has 7 heteroatoms. The van der Waals surface area contributed by atoms with E-state index in [9.17, 15) is 19.5 Å². The van der Waals surface area contributed by atoms with E-state index in [4.69, 9.17) is 5.73 Å². The average molecular weight is 291 g/mol. The van der Waals surface area contributed by atoms with E-state index in [1.807, 2.05) is 12.1 Å². The zero-order chi connectivity index (χ0) is 15.4. The minimum atomic E-state index is -1.08. The van der Waals surface area contributed by atoms with Crippen molar-refractivity contribution >= 4 is 17.9 Å². The maximum Gasteiger partial charge on any atom is 0.331 e. The third-order valence-corrected chi connectivity index (χ3v) is 3.43. The van der Waals surface area contributed by atoms with Crippen LogP contribution in [0.2, 0.25) is 0 Å². The van der Waals surface area contributed by atoms with Crippen molar-refractivity contribution in [2.24, 2.45) is 5.73 Å². The Kier molecular flexibility index (Phi) is 4.42. The van der Waals surface area contributed by atoms with Crippen LogP contribution in [-0.4, -0.2) is 41.0 Å². The second kappa shape index (κ2) is 6.25. The van der Waals surface area contributed by atoms with E-state index in [1.54, 1.807) is 12.1 Å². The van der Waals surface area contributed by atoms with Gasteiger partial charge in [0, 0.05) is 19.5 Å². The lowest BCUT2D eigenvalue weighted by atomic mass is 9.93. The lowest BCUT2D eigenvalue weighted by Crippen LogP contribution is -2.48. The number of carbonyl (C=O) groups is 3. The van der Waals surface area contributed by atoms with E-state index in [0.717, 1.165) is 5.56 Å². The maximum absolute atomic E-state index is 12.1. The molecular weight excluding hydrogens is 274 g/mol. The molecule has 0 aromatic heterocycles. The monoisotopic (exact) mass is 291 g/mol. The Hall–Kier alpha value is -2.57. The Bertz CT molecular complexity index is 573. The van der Waals surface area contributed by atoms with Crippen molar-refractivity contribution in [2.75, 3.05) is 13.1 Å². The Balaban J connectivity index is 2.14. The third-order valence-electron chi connectivity index (χ3n) is 3.43. The number of hydrogen-bond donors (Lipinski definition) is 3. The van der Waals surface area contributed by atoms with Gasteiger partial charge in [0.05, 0.1) is 0 Å². The Labute approximate surface area is 121 Å². The zero-order valence-electron chi connectivity index (χ0n) is 11.4. The van der Waals surface area contributed by atoms with Crippen molar-refractivity contribution in [1.82, 2.24) is 10.2 Å². The van der Waals surface area contributed by atoms with Gasteiger partial charge in [-0.25, -0.2) is 9.59 Å². The molecule has 21 heavy (non-hydrogen) atoms. The molecule has 7 nitrogen and oxygen atoms in total. The lowest BCUT2D eigenvalue weighted by molar-refractivity contribution is -0.142. The van der Waals surface area contributed by atoms with Crippen LogP contribution in [0.25, 0.3) is 0 Å². The average Bonchev–Trinajstić information content (AvgIpc) is 2.45. The molecule has 1 unspecified atom stereocenters. The summed E-state index contributed by atoms with van der Waals surface area (Å²) in [5.74, 6) is -1.60. The molecule has 0 bridgehead atoms. The molecule has 1 aromatic carbocycles. The number of nitrogens with two attached hydrogens (primary N) is 1. The van der Waals surface area contributed by atoms with Gasteiger partial charge in [-0.3, -0.25) is 4.79 Å². The van der Waals surface area contributed by atoms with Gasteiger partial charge < -0.3 is 21.1 Å². The number of urea groups is 1. The second-order valence-corrected chi connectivity index (χ2v) is 4.83. The SMILES string of the molecule is NC(=O)CCNC(=O)N1CCc2ccccc2C1C(=O)O. The van der Waals surface area contributed by atoms with E-state index >= 15 is 0 Å². The summed E-state index contributed by atoms with van der Waals surface area (Å²) in [7, 11) is 0. The number of fused-ring (bicyclic) bond motifs is 1. The smallest absolute Gasteiger partial charge is 0.331 e. The van der Waals surface area contributed by atoms with Gasteiger partial charge in [-0.2, -0.15) is 0 Å². The topological polar surface area (TPSA) is 113 Å². The Morgan fingerprint density at radius 2 is 2.05 bits per heavy atom. The first-order chi connectivity index (χ1) is 10.0. The number of aliphatic carboxylic acids is 1. The molecule has 1 aliphatic heterocycles. The molecule has 4 N–H and O–H groups in total. The molecule has 1 heterocycles. The van der Waals surface area contributed by atoms with Gasteiger partial charge in [-0.1, -0.05) is 24.3 Å². The van der Waals surface area contributed by atoms with Gasteiger partial charge in [0.2, 0.25) is 5.91 Å². The molecule has 1 atom stereocenters. The summed E-state index contributed by atoms with van der Waals surface area (Å²) in [5, 5.41) is 11.9. The van der Waals surface area contributed by atoms with Crippen molar-refractivity contribution in [2.45, 2.75) is 18.9 Å². The predicted molar refractivity (Wildman–Crippen MR) is 74.4 cm³/mol. The van der Waals surface area contributed by atoms with Crippen LogP contribution in [0.15, 0.2) is 24.3 Å². The van der Waals surface area contributed by atoms with Crippen molar-refractivity contribution < 1.29 is 19.5 Å².